The van der Waals surface area contributed by atoms with Crippen molar-refractivity contribution in [2.24, 2.45) is 5.92 Å². The lowest BCUT2D eigenvalue weighted by atomic mass is 9.77. The highest BCUT2D eigenvalue weighted by Crippen LogP contribution is 2.52. The van der Waals surface area contributed by atoms with E-state index in [0.717, 1.165) is 24.0 Å². The van der Waals surface area contributed by atoms with Gasteiger partial charge in [0, 0.05) is 19.8 Å². The molecule has 1 saturated carbocycles. The molecule has 0 atom stereocenters. The van der Waals surface area contributed by atoms with Crippen LogP contribution in [-0.2, 0) is 42.0 Å². The highest BCUT2D eigenvalue weighted by molar-refractivity contribution is 7.53. The zero-order chi connectivity index (χ0) is 37.6. The van der Waals surface area contributed by atoms with Gasteiger partial charge in [0.1, 0.15) is 17.1 Å². The van der Waals surface area contributed by atoms with Gasteiger partial charge in [-0.15, -0.1) is 0 Å². The lowest BCUT2D eigenvalue weighted by Crippen LogP contribution is -2.23. The van der Waals surface area contributed by atoms with Crippen LogP contribution < -0.4 is 15.4 Å². The Morgan fingerprint density at radius 1 is 0.962 bits per heavy atom. The molecule has 52 heavy (non-hydrogen) atoms. The molecule has 5 rings (SSSR count). The number of benzene rings is 2. The van der Waals surface area contributed by atoms with Gasteiger partial charge in [0.15, 0.2) is 0 Å². The summed E-state index contributed by atoms with van der Waals surface area (Å²) in [7, 11) is -1.77. The number of rotatable bonds is 15. The molecule has 1 amide bonds. The Morgan fingerprint density at radius 2 is 1.65 bits per heavy atom. The molecule has 0 saturated heterocycles. The van der Waals surface area contributed by atoms with E-state index in [0.29, 0.717) is 54.8 Å². The van der Waals surface area contributed by atoms with Crippen LogP contribution in [0.5, 0.6) is 5.75 Å². The minimum absolute atomic E-state index is 0.00817. The van der Waals surface area contributed by atoms with Gasteiger partial charge in [-0.05, 0) is 94.2 Å². The quantitative estimate of drug-likeness (QED) is 0.114. The molecule has 1 aliphatic heterocycles. The monoisotopic (exact) mass is 747 g/mol. The Morgan fingerprint density at radius 3 is 2.29 bits per heavy atom. The molecule has 0 bridgehead atoms. The molecule has 12 nitrogen and oxygen atoms in total. The molecule has 2 aliphatic rings. The second kappa shape index (κ2) is 16.6. The Labute approximate surface area is 301 Å². The molecule has 3 aromatic rings. The van der Waals surface area contributed by atoms with Gasteiger partial charge in [0.25, 0.3) is 5.91 Å². The number of hydrogen-bond donors (Lipinski definition) is 2. The first-order valence-electron chi connectivity index (χ1n) is 17.5. The number of carbonyl (C=O) groups excluding carboxylic acids is 2. The summed E-state index contributed by atoms with van der Waals surface area (Å²) in [4.78, 5) is 35.4. The predicted octanol–water partition coefficient (Wildman–Crippen LogP) is 8.57. The largest absolute Gasteiger partial charge is 0.492 e. The van der Waals surface area contributed by atoms with E-state index in [4.69, 9.17) is 18.5 Å². The first kappa shape index (κ1) is 39.0. The highest BCUT2D eigenvalue weighted by atomic mass is 31.2. The molecule has 0 spiro atoms. The maximum atomic E-state index is 14.3. The van der Waals surface area contributed by atoms with Gasteiger partial charge in [-0.1, -0.05) is 12.1 Å². The molecule has 2 aromatic carbocycles. The van der Waals surface area contributed by atoms with E-state index >= 15 is 0 Å². The predicted molar refractivity (Wildman–Crippen MR) is 189 cm³/mol. The van der Waals surface area contributed by atoms with E-state index in [9.17, 15) is 27.3 Å². The van der Waals surface area contributed by atoms with Crippen LogP contribution in [0.2, 0.25) is 0 Å². The maximum absolute atomic E-state index is 14.3. The minimum atomic E-state index is -4.81. The van der Waals surface area contributed by atoms with Gasteiger partial charge >= 0.3 is 19.7 Å². The Hall–Kier alpha value is -4.20. The van der Waals surface area contributed by atoms with Crippen LogP contribution in [0.15, 0.2) is 36.5 Å². The summed E-state index contributed by atoms with van der Waals surface area (Å²) in [6.45, 7) is 8.30. The standard InChI is InChI=1S/C36H45F3N5O7P/c1-6-48-30-18-22(21-52(47,50-8-3)51-9-4)10-16-28(30)42-35-40-19-27(36(37,38)39)32(43-35)41-29-17-15-25(26-20-44(5)33(45)31(26)29)23-11-13-24(14-12-23)34(46)49-7-2/h10,15-19,23-24H,6-9,11-14,20-21H2,1-5H3,(H2,40,41,42,43). The van der Waals surface area contributed by atoms with Crippen molar-refractivity contribution in [2.75, 3.05) is 44.1 Å². The zero-order valence-corrected chi connectivity index (χ0v) is 30.9. The van der Waals surface area contributed by atoms with Crippen molar-refractivity contribution < 1.29 is 45.8 Å². The zero-order valence-electron chi connectivity index (χ0n) is 30.0. The second-order valence-corrected chi connectivity index (χ2v) is 14.6. The molecule has 1 fully saturated rings. The molecule has 0 radical (unpaired) electrons. The fourth-order valence-corrected chi connectivity index (χ4v) is 8.43. The molecule has 282 valence electrons. The summed E-state index contributed by atoms with van der Waals surface area (Å²) < 4.78 is 77.9. The number of carbonyl (C=O) groups is 2. The fraction of sp³-hybridized carbons (Fsp3) is 0.500. The summed E-state index contributed by atoms with van der Waals surface area (Å²) in [6, 6.07) is 8.41. The van der Waals surface area contributed by atoms with Gasteiger partial charge in [-0.25, -0.2) is 4.98 Å². The molecule has 1 aromatic heterocycles. The molecule has 1 aliphatic carbocycles. The van der Waals surface area contributed by atoms with Crippen LogP contribution in [0.4, 0.5) is 36.3 Å². The normalized spacial score (nSPS) is 17.5. The van der Waals surface area contributed by atoms with Crippen molar-refractivity contribution in [3.63, 3.8) is 0 Å². The van der Waals surface area contributed by atoms with E-state index in [1.54, 1.807) is 59.0 Å². The lowest BCUT2D eigenvalue weighted by Gasteiger charge is -2.29. The van der Waals surface area contributed by atoms with Crippen molar-refractivity contribution in [2.45, 2.75) is 78.2 Å². The average molecular weight is 748 g/mol. The number of nitrogens with zero attached hydrogens (tertiary/aromatic N) is 3. The van der Waals surface area contributed by atoms with Crippen molar-refractivity contribution in [1.82, 2.24) is 14.9 Å². The first-order valence-corrected chi connectivity index (χ1v) is 19.2. The van der Waals surface area contributed by atoms with Crippen molar-refractivity contribution in [3.05, 3.63) is 64.3 Å². The molecule has 2 heterocycles. The van der Waals surface area contributed by atoms with E-state index in [1.165, 1.54) is 4.90 Å². The van der Waals surface area contributed by atoms with E-state index in [1.807, 2.05) is 6.07 Å². The van der Waals surface area contributed by atoms with E-state index in [2.05, 4.69) is 20.6 Å². The SMILES string of the molecule is CCOC(=O)C1CCC(c2ccc(Nc3nc(Nc4ccc(CP(=O)(OCC)OCC)cc4OCC)ncc3C(F)(F)F)c3c2CN(C)C3=O)CC1. The maximum Gasteiger partial charge on any atom is 0.421 e. The summed E-state index contributed by atoms with van der Waals surface area (Å²) >= 11 is 0. The Kier molecular flexibility index (Phi) is 12.5. The molecule has 2 N–H and O–H groups in total. The van der Waals surface area contributed by atoms with E-state index in [-0.39, 0.29) is 61.3 Å². The Balaban J connectivity index is 1.44. The third-order valence-corrected chi connectivity index (χ3v) is 11.1. The van der Waals surface area contributed by atoms with Crippen LogP contribution in [-0.4, -0.2) is 60.2 Å². The number of aromatic nitrogens is 2. The van der Waals surface area contributed by atoms with Crippen LogP contribution in [0.1, 0.15) is 91.9 Å². The minimum Gasteiger partial charge on any atom is -0.492 e. The summed E-state index contributed by atoms with van der Waals surface area (Å²) in [5, 5.41) is 5.76. The summed E-state index contributed by atoms with van der Waals surface area (Å²) in [5.41, 5.74) is 2.03. The van der Waals surface area contributed by atoms with Crippen LogP contribution in [0, 0.1) is 5.92 Å². The molecular weight excluding hydrogens is 702 g/mol. The number of fused-ring (bicyclic) bond motifs is 1. The lowest BCUT2D eigenvalue weighted by molar-refractivity contribution is -0.149. The summed E-state index contributed by atoms with van der Waals surface area (Å²) in [5.74, 6) is -0.967. The molecule has 0 unspecified atom stereocenters. The fourth-order valence-electron chi connectivity index (χ4n) is 6.75. The first-order chi connectivity index (χ1) is 24.8. The van der Waals surface area contributed by atoms with Crippen molar-refractivity contribution in [1.29, 1.82) is 0 Å². The number of hydrogen-bond acceptors (Lipinski definition) is 11. The van der Waals surface area contributed by atoms with Gasteiger partial charge in [-0.2, -0.15) is 18.2 Å². The number of nitrogens with one attached hydrogen (secondary N) is 2. The van der Waals surface area contributed by atoms with Gasteiger partial charge in [0.2, 0.25) is 5.95 Å². The van der Waals surface area contributed by atoms with Gasteiger partial charge < -0.3 is 34.1 Å². The van der Waals surface area contributed by atoms with Crippen LogP contribution in [0.25, 0.3) is 0 Å². The van der Waals surface area contributed by atoms with Crippen molar-refractivity contribution in [3.8, 4) is 5.75 Å². The average Bonchev–Trinajstić information content (AvgIpc) is 3.40. The Bertz CT molecular complexity index is 1810. The van der Waals surface area contributed by atoms with Gasteiger partial charge in [0.05, 0.1) is 55.4 Å². The summed E-state index contributed by atoms with van der Waals surface area (Å²) in [6.07, 6.45) is -1.38. The third kappa shape index (κ3) is 8.87. The number of amides is 1. The van der Waals surface area contributed by atoms with Crippen molar-refractivity contribution >= 4 is 42.6 Å². The number of esters is 1. The number of halogens is 3. The van der Waals surface area contributed by atoms with Crippen LogP contribution >= 0.6 is 7.60 Å². The topological polar surface area (TPSA) is 141 Å². The third-order valence-electron chi connectivity index (χ3n) is 9.06. The van der Waals surface area contributed by atoms with Gasteiger partial charge in [-0.3, -0.25) is 14.2 Å². The number of ether oxygens (including phenoxy) is 2. The molecule has 16 heteroatoms. The number of anilines is 4. The number of alkyl halides is 3. The highest BCUT2D eigenvalue weighted by Gasteiger charge is 2.38. The smallest absolute Gasteiger partial charge is 0.421 e. The molecular formula is C36H45F3N5O7P. The second-order valence-electron chi connectivity index (χ2n) is 12.6. The van der Waals surface area contributed by atoms with Crippen LogP contribution in [0.3, 0.4) is 0 Å². The van der Waals surface area contributed by atoms with E-state index < -0.39 is 25.2 Å².